The van der Waals surface area contributed by atoms with E-state index in [1.54, 1.807) is 0 Å². The highest BCUT2D eigenvalue weighted by Gasteiger charge is 2.39. The molecule has 1 amide bonds. The van der Waals surface area contributed by atoms with E-state index in [0.29, 0.717) is 5.92 Å². The van der Waals surface area contributed by atoms with Crippen LogP contribution in [-0.2, 0) is 14.3 Å². The number of likely N-dealkylation sites (tertiary alicyclic amines) is 1. The molecule has 2 atom stereocenters. The molecule has 1 rings (SSSR count). The molecule has 4 nitrogen and oxygen atoms in total. The van der Waals surface area contributed by atoms with E-state index < -0.39 is 0 Å². The molecule has 2 unspecified atom stereocenters. The molecule has 1 aliphatic rings. The Hall–Kier alpha value is -1.50. The summed E-state index contributed by atoms with van der Waals surface area (Å²) < 4.78 is 4.76. The van der Waals surface area contributed by atoms with Crippen LogP contribution in [0.5, 0.6) is 0 Å². The van der Waals surface area contributed by atoms with E-state index in [1.807, 2.05) is 39.5 Å². The predicted octanol–water partition coefficient (Wildman–Crippen LogP) is 2.86. The van der Waals surface area contributed by atoms with Gasteiger partial charge in [-0.25, -0.2) is 0 Å². The van der Waals surface area contributed by atoms with Crippen LogP contribution in [-0.4, -0.2) is 36.5 Å². The molecule has 1 heterocycles. The quantitative estimate of drug-likeness (QED) is 0.595. The minimum Gasteiger partial charge on any atom is -0.469 e. The number of carbonyl (C=O) groups excluding carboxylic acids is 2. The van der Waals surface area contributed by atoms with Gasteiger partial charge in [0.05, 0.1) is 25.5 Å². The zero-order valence-electron chi connectivity index (χ0n) is 14.7. The van der Waals surface area contributed by atoms with Crippen LogP contribution >= 0.6 is 0 Å². The van der Waals surface area contributed by atoms with Gasteiger partial charge in [0.15, 0.2) is 0 Å². The fourth-order valence-electron chi connectivity index (χ4n) is 2.66. The van der Waals surface area contributed by atoms with Crippen LogP contribution in [0.1, 0.15) is 53.9 Å². The van der Waals surface area contributed by atoms with E-state index in [-0.39, 0.29) is 35.7 Å². The van der Waals surface area contributed by atoms with Gasteiger partial charge in [0.25, 0.3) is 0 Å². The number of esters is 1. The number of rotatable bonds is 3. The van der Waals surface area contributed by atoms with Crippen LogP contribution in [0.3, 0.4) is 0 Å². The highest BCUT2D eigenvalue weighted by Crippen LogP contribution is 2.33. The maximum atomic E-state index is 12.9. The summed E-state index contributed by atoms with van der Waals surface area (Å²) >= 11 is 0. The molecule has 0 aromatic heterocycles. The molecule has 0 spiro atoms. The van der Waals surface area contributed by atoms with Crippen LogP contribution in [0.4, 0.5) is 0 Å². The van der Waals surface area contributed by atoms with Crippen molar-refractivity contribution in [3.63, 3.8) is 0 Å². The summed E-state index contributed by atoms with van der Waals surface area (Å²) in [5.74, 6) is 6.00. The second kappa shape index (κ2) is 7.67. The highest BCUT2D eigenvalue weighted by molar-refractivity contribution is 5.85. The first-order chi connectivity index (χ1) is 10.2. The van der Waals surface area contributed by atoms with Gasteiger partial charge in [-0.15, -0.1) is 0 Å². The maximum Gasteiger partial charge on any atom is 0.306 e. The third-order valence-corrected chi connectivity index (χ3v) is 4.02. The molecule has 1 saturated heterocycles. The average Bonchev–Trinajstić information content (AvgIpc) is 2.88. The van der Waals surface area contributed by atoms with Gasteiger partial charge < -0.3 is 9.64 Å². The largest absolute Gasteiger partial charge is 0.469 e. The van der Waals surface area contributed by atoms with E-state index in [0.717, 1.165) is 19.4 Å². The SMILES string of the molecule is COC(=O)CC(C(=O)N1CCCC1C#CC(C)C)C(C)(C)C. The summed E-state index contributed by atoms with van der Waals surface area (Å²) in [7, 11) is 1.36. The molecular weight excluding hydrogens is 278 g/mol. The van der Waals surface area contributed by atoms with E-state index in [4.69, 9.17) is 4.74 Å². The van der Waals surface area contributed by atoms with E-state index >= 15 is 0 Å². The molecule has 22 heavy (non-hydrogen) atoms. The molecule has 0 saturated carbocycles. The van der Waals surface area contributed by atoms with Crippen molar-refractivity contribution in [1.82, 2.24) is 4.90 Å². The molecule has 0 bridgehead atoms. The lowest BCUT2D eigenvalue weighted by molar-refractivity contribution is -0.149. The first-order valence-corrected chi connectivity index (χ1v) is 8.05. The molecule has 0 radical (unpaired) electrons. The lowest BCUT2D eigenvalue weighted by Crippen LogP contribution is -2.44. The third-order valence-electron chi connectivity index (χ3n) is 4.02. The van der Waals surface area contributed by atoms with Crippen molar-refractivity contribution in [1.29, 1.82) is 0 Å². The Bertz CT molecular complexity index is 465. The molecular formula is C18H29NO3. The van der Waals surface area contributed by atoms with Crippen LogP contribution in [0.15, 0.2) is 0 Å². The first kappa shape index (κ1) is 18.5. The highest BCUT2D eigenvalue weighted by atomic mass is 16.5. The zero-order chi connectivity index (χ0) is 16.9. The Morgan fingerprint density at radius 2 is 1.95 bits per heavy atom. The summed E-state index contributed by atoms with van der Waals surface area (Å²) in [5, 5.41) is 0. The molecule has 0 aromatic carbocycles. The van der Waals surface area contributed by atoms with Gasteiger partial charge in [-0.1, -0.05) is 46.5 Å². The number of carbonyl (C=O) groups is 2. The summed E-state index contributed by atoms with van der Waals surface area (Å²) in [6.45, 7) is 10.8. The molecule has 4 heteroatoms. The van der Waals surface area contributed by atoms with Crippen LogP contribution in [0, 0.1) is 29.1 Å². The molecule has 0 aromatic rings. The summed E-state index contributed by atoms with van der Waals surface area (Å²) in [4.78, 5) is 26.5. The third kappa shape index (κ3) is 5.05. The number of nitrogens with zero attached hydrogens (tertiary/aromatic N) is 1. The number of hydrogen-bond acceptors (Lipinski definition) is 3. The molecule has 124 valence electrons. The van der Waals surface area contributed by atoms with Crippen LogP contribution < -0.4 is 0 Å². The topological polar surface area (TPSA) is 46.6 Å². The Morgan fingerprint density at radius 1 is 1.32 bits per heavy atom. The molecule has 1 aliphatic heterocycles. The normalized spacial score (nSPS) is 19.6. The van der Waals surface area contributed by atoms with Gasteiger partial charge in [0.1, 0.15) is 0 Å². The lowest BCUT2D eigenvalue weighted by atomic mass is 9.77. The van der Waals surface area contributed by atoms with Crippen molar-refractivity contribution in [2.24, 2.45) is 17.3 Å². The van der Waals surface area contributed by atoms with Gasteiger partial charge in [0.2, 0.25) is 5.91 Å². The van der Waals surface area contributed by atoms with Gasteiger partial charge in [0, 0.05) is 12.5 Å². The monoisotopic (exact) mass is 307 g/mol. The second-order valence-electron chi connectivity index (χ2n) is 7.33. The van der Waals surface area contributed by atoms with Gasteiger partial charge in [-0.3, -0.25) is 9.59 Å². The standard InChI is InChI=1S/C18H29NO3/c1-13(2)9-10-14-8-7-11-19(14)17(21)15(18(3,4)5)12-16(20)22-6/h13-15H,7-8,11-12H2,1-6H3. The summed E-state index contributed by atoms with van der Waals surface area (Å²) in [5.41, 5.74) is -0.288. The molecule has 0 N–H and O–H groups in total. The summed E-state index contributed by atoms with van der Waals surface area (Å²) in [6.07, 6.45) is 2.01. The first-order valence-electron chi connectivity index (χ1n) is 8.05. The van der Waals surface area contributed by atoms with Gasteiger partial charge in [-0.05, 0) is 18.3 Å². The Balaban J connectivity index is 2.93. The number of hydrogen-bond donors (Lipinski definition) is 0. The minimum absolute atomic E-state index is 0.0163. The van der Waals surface area contributed by atoms with Crippen molar-refractivity contribution >= 4 is 11.9 Å². The second-order valence-corrected chi connectivity index (χ2v) is 7.33. The van der Waals surface area contributed by atoms with E-state index in [2.05, 4.69) is 11.8 Å². The zero-order valence-corrected chi connectivity index (χ0v) is 14.7. The average molecular weight is 307 g/mol. The van der Waals surface area contributed by atoms with Gasteiger partial charge in [-0.2, -0.15) is 0 Å². The van der Waals surface area contributed by atoms with Crippen molar-refractivity contribution in [3.05, 3.63) is 0 Å². The Kier molecular flexibility index (Phi) is 6.47. The Labute approximate surface area is 134 Å². The predicted molar refractivity (Wildman–Crippen MR) is 86.9 cm³/mol. The summed E-state index contributed by atoms with van der Waals surface area (Å²) in [6, 6.07) is -0.0163. The van der Waals surface area contributed by atoms with Crippen molar-refractivity contribution in [2.75, 3.05) is 13.7 Å². The number of amides is 1. The molecule has 0 aliphatic carbocycles. The van der Waals surface area contributed by atoms with Crippen molar-refractivity contribution in [2.45, 2.75) is 59.9 Å². The number of ether oxygens (including phenoxy) is 1. The van der Waals surface area contributed by atoms with E-state index in [9.17, 15) is 9.59 Å². The fraction of sp³-hybridized carbons (Fsp3) is 0.778. The van der Waals surface area contributed by atoms with Crippen LogP contribution in [0.25, 0.3) is 0 Å². The molecule has 1 fully saturated rings. The lowest BCUT2D eigenvalue weighted by Gasteiger charge is -2.33. The van der Waals surface area contributed by atoms with Crippen LogP contribution in [0.2, 0.25) is 0 Å². The van der Waals surface area contributed by atoms with Crippen molar-refractivity contribution in [3.8, 4) is 11.8 Å². The minimum atomic E-state index is -0.374. The van der Waals surface area contributed by atoms with E-state index in [1.165, 1.54) is 7.11 Å². The smallest absolute Gasteiger partial charge is 0.306 e. The Morgan fingerprint density at radius 3 is 2.45 bits per heavy atom. The number of methoxy groups -OCH3 is 1. The maximum absolute atomic E-state index is 12.9. The fourth-order valence-corrected chi connectivity index (χ4v) is 2.66. The van der Waals surface area contributed by atoms with Crippen molar-refractivity contribution < 1.29 is 14.3 Å². The van der Waals surface area contributed by atoms with Gasteiger partial charge >= 0.3 is 5.97 Å².